The predicted molar refractivity (Wildman–Crippen MR) is 117 cm³/mol. The number of aromatic nitrogens is 3. The van der Waals surface area contributed by atoms with Crippen molar-refractivity contribution >= 4 is 17.3 Å². The summed E-state index contributed by atoms with van der Waals surface area (Å²) in [5.74, 6) is 1.92. The number of benzene rings is 1. The van der Waals surface area contributed by atoms with Crippen molar-refractivity contribution in [1.29, 1.82) is 5.26 Å². The van der Waals surface area contributed by atoms with Gasteiger partial charge >= 0.3 is 0 Å². The van der Waals surface area contributed by atoms with Gasteiger partial charge in [0.25, 0.3) is 0 Å². The number of hydrogen-bond acceptors (Lipinski definition) is 9. The Morgan fingerprint density at radius 2 is 2.00 bits per heavy atom. The molecule has 1 aliphatic heterocycles. The monoisotopic (exact) mass is 417 g/mol. The van der Waals surface area contributed by atoms with Crippen molar-refractivity contribution in [3.8, 4) is 22.9 Å². The van der Waals surface area contributed by atoms with Gasteiger partial charge in [-0.05, 0) is 17.7 Å². The van der Waals surface area contributed by atoms with Crippen LogP contribution in [-0.4, -0.2) is 54.4 Å². The highest BCUT2D eigenvalue weighted by atomic mass is 16.5. The van der Waals surface area contributed by atoms with Gasteiger partial charge in [-0.2, -0.15) is 5.26 Å². The van der Waals surface area contributed by atoms with Crippen LogP contribution in [0, 0.1) is 11.3 Å². The van der Waals surface area contributed by atoms with E-state index in [0.29, 0.717) is 24.8 Å². The molecular formula is C22H23N7O2. The van der Waals surface area contributed by atoms with Gasteiger partial charge in [-0.1, -0.05) is 12.1 Å². The van der Waals surface area contributed by atoms with E-state index >= 15 is 0 Å². The average molecular weight is 417 g/mol. The van der Waals surface area contributed by atoms with Crippen LogP contribution in [0.15, 0.2) is 48.9 Å². The van der Waals surface area contributed by atoms with E-state index in [1.54, 1.807) is 7.11 Å². The van der Waals surface area contributed by atoms with Gasteiger partial charge in [0.05, 0.1) is 32.2 Å². The molecule has 0 saturated carbocycles. The lowest BCUT2D eigenvalue weighted by Crippen LogP contribution is -2.42. The van der Waals surface area contributed by atoms with E-state index < -0.39 is 0 Å². The SMILES string of the molecule is COc1ccc(-c2cnc(Nc3cnc(C#N)cn3)cc2NC[C@@H]2CNCCO2)cc1. The lowest BCUT2D eigenvalue weighted by molar-refractivity contribution is 0.0372. The highest BCUT2D eigenvalue weighted by molar-refractivity contribution is 5.80. The van der Waals surface area contributed by atoms with E-state index in [1.165, 1.54) is 12.4 Å². The molecule has 9 heteroatoms. The number of methoxy groups -OCH3 is 1. The van der Waals surface area contributed by atoms with Crippen molar-refractivity contribution in [3.63, 3.8) is 0 Å². The molecular weight excluding hydrogens is 394 g/mol. The first kappa shape index (κ1) is 20.5. The lowest BCUT2D eigenvalue weighted by Gasteiger charge is -2.25. The molecule has 0 unspecified atom stereocenters. The summed E-state index contributed by atoms with van der Waals surface area (Å²) in [6.45, 7) is 3.05. The van der Waals surface area contributed by atoms with Crippen molar-refractivity contribution in [3.05, 3.63) is 54.6 Å². The average Bonchev–Trinajstić information content (AvgIpc) is 2.84. The van der Waals surface area contributed by atoms with Crippen molar-refractivity contribution in [2.75, 3.05) is 44.0 Å². The first-order valence-corrected chi connectivity index (χ1v) is 9.95. The number of nitrogens with one attached hydrogen (secondary N) is 3. The van der Waals surface area contributed by atoms with Crippen LogP contribution in [0.3, 0.4) is 0 Å². The fourth-order valence-electron chi connectivity index (χ4n) is 3.23. The first-order chi connectivity index (χ1) is 15.2. The Bertz CT molecular complexity index is 1040. The number of hydrogen-bond donors (Lipinski definition) is 3. The summed E-state index contributed by atoms with van der Waals surface area (Å²) in [4.78, 5) is 12.8. The molecule has 0 radical (unpaired) electrons. The fourth-order valence-corrected chi connectivity index (χ4v) is 3.23. The minimum Gasteiger partial charge on any atom is -0.497 e. The maximum Gasteiger partial charge on any atom is 0.158 e. The van der Waals surface area contributed by atoms with E-state index in [9.17, 15) is 0 Å². The van der Waals surface area contributed by atoms with Gasteiger partial charge in [0, 0.05) is 43.1 Å². The van der Waals surface area contributed by atoms with E-state index in [4.69, 9.17) is 14.7 Å². The number of rotatable bonds is 7. The smallest absolute Gasteiger partial charge is 0.158 e. The molecule has 1 fully saturated rings. The zero-order chi connectivity index (χ0) is 21.5. The van der Waals surface area contributed by atoms with Crippen LogP contribution >= 0.6 is 0 Å². The van der Waals surface area contributed by atoms with Crippen LogP contribution in [0.4, 0.5) is 17.3 Å². The van der Waals surface area contributed by atoms with E-state index in [1.807, 2.05) is 42.6 Å². The minimum atomic E-state index is 0.0893. The van der Waals surface area contributed by atoms with Gasteiger partial charge in [0.1, 0.15) is 23.5 Å². The maximum absolute atomic E-state index is 8.88. The molecule has 3 aromatic rings. The first-order valence-electron chi connectivity index (χ1n) is 9.95. The molecule has 0 spiro atoms. The number of ether oxygens (including phenoxy) is 2. The number of anilines is 3. The Morgan fingerprint density at radius 1 is 1.16 bits per heavy atom. The highest BCUT2D eigenvalue weighted by Crippen LogP contribution is 2.31. The van der Waals surface area contributed by atoms with Crippen LogP contribution in [-0.2, 0) is 4.74 Å². The van der Waals surface area contributed by atoms with E-state index in [2.05, 4.69) is 30.9 Å². The third-order valence-electron chi connectivity index (χ3n) is 4.85. The molecule has 0 aliphatic carbocycles. The van der Waals surface area contributed by atoms with Gasteiger partial charge in [0.15, 0.2) is 5.69 Å². The third kappa shape index (κ3) is 5.25. The number of nitrogens with zero attached hydrogens (tertiary/aromatic N) is 4. The second kappa shape index (κ2) is 9.84. The molecule has 31 heavy (non-hydrogen) atoms. The molecule has 158 valence electrons. The number of morpholine rings is 1. The standard InChI is InChI=1S/C22H23N7O2/c1-30-17-4-2-15(3-5-17)19-13-28-21(29-22-14-25-16(9-23)10-27-22)8-20(19)26-12-18-11-24-6-7-31-18/h2-5,8,10,13-14,18,24H,6-7,11-12H2,1H3,(H2,26,27,28,29)/t18-/m0/s1. The van der Waals surface area contributed by atoms with Crippen molar-refractivity contribution in [1.82, 2.24) is 20.3 Å². The molecule has 1 aliphatic rings. The zero-order valence-electron chi connectivity index (χ0n) is 17.1. The Kier molecular flexibility index (Phi) is 6.52. The minimum absolute atomic E-state index is 0.0893. The van der Waals surface area contributed by atoms with Crippen molar-refractivity contribution in [2.45, 2.75) is 6.10 Å². The summed E-state index contributed by atoms with van der Waals surface area (Å²) < 4.78 is 11.1. The predicted octanol–water partition coefficient (Wildman–Crippen LogP) is 2.56. The quantitative estimate of drug-likeness (QED) is 0.533. The highest BCUT2D eigenvalue weighted by Gasteiger charge is 2.15. The van der Waals surface area contributed by atoms with Gasteiger partial charge in [-0.15, -0.1) is 0 Å². The summed E-state index contributed by atoms with van der Waals surface area (Å²) in [6, 6.07) is 11.7. The zero-order valence-corrected chi connectivity index (χ0v) is 17.1. The molecule has 1 aromatic carbocycles. The molecule has 1 saturated heterocycles. The van der Waals surface area contributed by atoms with Crippen LogP contribution in [0.1, 0.15) is 5.69 Å². The molecule has 0 amide bonds. The lowest BCUT2D eigenvalue weighted by atomic mass is 10.1. The maximum atomic E-state index is 8.88. The van der Waals surface area contributed by atoms with Gasteiger partial charge in [-0.25, -0.2) is 15.0 Å². The summed E-state index contributed by atoms with van der Waals surface area (Å²) in [6.07, 6.45) is 4.82. The molecule has 3 N–H and O–H groups in total. The van der Waals surface area contributed by atoms with Crippen LogP contribution in [0.25, 0.3) is 11.1 Å². The second-order valence-corrected chi connectivity index (χ2v) is 6.95. The topological polar surface area (TPSA) is 117 Å². The largest absolute Gasteiger partial charge is 0.497 e. The molecule has 9 nitrogen and oxygen atoms in total. The Morgan fingerprint density at radius 3 is 2.68 bits per heavy atom. The molecule has 1 atom stereocenters. The Hall–Kier alpha value is -3.74. The molecule has 0 bridgehead atoms. The van der Waals surface area contributed by atoms with Gasteiger partial charge in [0.2, 0.25) is 0 Å². The summed E-state index contributed by atoms with van der Waals surface area (Å²) in [5, 5.41) is 18.9. The van der Waals surface area contributed by atoms with Crippen LogP contribution < -0.4 is 20.7 Å². The third-order valence-corrected chi connectivity index (χ3v) is 4.85. The Balaban J connectivity index is 1.58. The molecule has 2 aromatic heterocycles. The summed E-state index contributed by atoms with van der Waals surface area (Å²) in [7, 11) is 1.65. The van der Waals surface area contributed by atoms with Crippen LogP contribution in [0.2, 0.25) is 0 Å². The van der Waals surface area contributed by atoms with Crippen molar-refractivity contribution in [2.24, 2.45) is 0 Å². The van der Waals surface area contributed by atoms with Crippen molar-refractivity contribution < 1.29 is 9.47 Å². The number of nitriles is 1. The fraction of sp³-hybridized carbons (Fsp3) is 0.273. The van der Waals surface area contributed by atoms with E-state index in [0.717, 1.165) is 35.7 Å². The van der Waals surface area contributed by atoms with E-state index in [-0.39, 0.29) is 11.8 Å². The second-order valence-electron chi connectivity index (χ2n) is 6.95. The molecule has 4 rings (SSSR count). The normalized spacial score (nSPS) is 15.7. The Labute approximate surface area is 180 Å². The van der Waals surface area contributed by atoms with Gasteiger partial charge in [-0.3, -0.25) is 0 Å². The molecule has 3 heterocycles. The van der Waals surface area contributed by atoms with Gasteiger partial charge < -0.3 is 25.4 Å². The summed E-state index contributed by atoms with van der Waals surface area (Å²) in [5.41, 5.74) is 3.15. The summed E-state index contributed by atoms with van der Waals surface area (Å²) >= 11 is 0. The number of pyridine rings is 1. The van der Waals surface area contributed by atoms with Crippen LogP contribution in [0.5, 0.6) is 5.75 Å².